The Balaban J connectivity index is 0. The Morgan fingerprint density at radius 2 is 0.706 bits per heavy atom. The minimum atomic E-state index is -2.50. The van der Waals surface area contributed by atoms with Gasteiger partial charge in [-0.05, 0) is 62.3 Å². The quantitative estimate of drug-likeness (QED) is 0.684. The Bertz CT molecular complexity index is 175. The second kappa shape index (κ2) is 7.26. The Morgan fingerprint density at radius 3 is 0.824 bits per heavy atom. The van der Waals surface area contributed by atoms with Gasteiger partial charge in [-0.15, -0.1) is 0 Å². The molecule has 5 heteroatoms. The van der Waals surface area contributed by atoms with Crippen LogP contribution in [0.4, 0.5) is 0 Å². The molecular formula is C12H28AlNaO3. The predicted octanol–water partition coefficient (Wildman–Crippen LogP) is 0.153. The molecule has 0 aliphatic heterocycles. The van der Waals surface area contributed by atoms with Crippen LogP contribution < -0.4 is 29.6 Å². The van der Waals surface area contributed by atoms with Gasteiger partial charge in [-0.25, -0.2) is 0 Å². The fourth-order valence-electron chi connectivity index (χ4n) is 1.15. The summed E-state index contributed by atoms with van der Waals surface area (Å²) in [4.78, 5) is 0. The van der Waals surface area contributed by atoms with Crippen LogP contribution in [0.3, 0.4) is 0 Å². The Morgan fingerprint density at radius 1 is 0.529 bits per heavy atom. The van der Waals surface area contributed by atoms with Gasteiger partial charge in [0.2, 0.25) is 0 Å². The van der Waals surface area contributed by atoms with E-state index in [2.05, 4.69) is 0 Å². The van der Waals surface area contributed by atoms with Gasteiger partial charge in [0.25, 0.3) is 0 Å². The van der Waals surface area contributed by atoms with Gasteiger partial charge >= 0.3 is 44.7 Å². The molecule has 0 rings (SSSR count). The zero-order valence-corrected chi connectivity index (χ0v) is 16.8. The first-order valence-corrected chi connectivity index (χ1v) is 7.71. The van der Waals surface area contributed by atoms with E-state index in [0.717, 1.165) is 0 Å². The van der Waals surface area contributed by atoms with Gasteiger partial charge in [-0.3, -0.25) is 0 Å². The Hall–Kier alpha value is 1.41. The van der Waals surface area contributed by atoms with Crippen LogP contribution in [0.25, 0.3) is 0 Å². The maximum atomic E-state index is 5.92. The summed E-state index contributed by atoms with van der Waals surface area (Å²) in [5, 5.41) is 0. The fourth-order valence-corrected chi connectivity index (χ4v) is 3.45. The third kappa shape index (κ3) is 15.4. The number of rotatable bonds is 3. The van der Waals surface area contributed by atoms with E-state index in [1.165, 1.54) is 0 Å². The minimum Gasteiger partial charge on any atom is -0.611 e. The van der Waals surface area contributed by atoms with Crippen LogP contribution in [-0.2, 0) is 11.4 Å². The molecule has 0 bridgehead atoms. The van der Waals surface area contributed by atoms with E-state index in [1.807, 2.05) is 62.3 Å². The van der Waals surface area contributed by atoms with Crippen molar-refractivity contribution in [3.8, 4) is 0 Å². The van der Waals surface area contributed by atoms with Gasteiger partial charge in [0.1, 0.15) is 0 Å². The minimum absolute atomic E-state index is 0. The molecule has 0 atom stereocenters. The van der Waals surface area contributed by atoms with Gasteiger partial charge in [-0.1, -0.05) is 0 Å². The van der Waals surface area contributed by atoms with Crippen molar-refractivity contribution in [3.63, 3.8) is 0 Å². The molecule has 3 nitrogen and oxygen atoms in total. The van der Waals surface area contributed by atoms with Gasteiger partial charge in [0, 0.05) is 16.8 Å². The third-order valence-corrected chi connectivity index (χ3v) is 4.96. The van der Waals surface area contributed by atoms with Crippen molar-refractivity contribution in [2.24, 2.45) is 0 Å². The molecule has 0 aliphatic carbocycles. The zero-order valence-electron chi connectivity index (χ0n) is 13.4. The van der Waals surface area contributed by atoms with Gasteiger partial charge in [-0.2, -0.15) is 0 Å². The zero-order chi connectivity index (χ0) is 13.2. The SMILES string of the molecule is CC(C)(C)[O][AlH-]([O]C(C)(C)C)[O]C(C)(C)C.[Na+]. The predicted molar refractivity (Wildman–Crippen MR) is 69.7 cm³/mol. The summed E-state index contributed by atoms with van der Waals surface area (Å²) in [7, 11) is 0. The van der Waals surface area contributed by atoms with Gasteiger partial charge < -0.3 is 11.4 Å². The van der Waals surface area contributed by atoms with Crippen molar-refractivity contribution in [1.82, 2.24) is 0 Å². The first-order chi connectivity index (χ1) is 6.79. The second-order valence-electron chi connectivity index (χ2n) is 7.12. The van der Waals surface area contributed by atoms with E-state index in [0.29, 0.717) is 0 Å². The molecule has 0 saturated heterocycles. The largest absolute Gasteiger partial charge is 1.00 e. The molecule has 0 aromatic rings. The molecule has 0 N–H and O–H groups in total. The normalized spacial score (nSPS) is 13.8. The first-order valence-electron chi connectivity index (χ1n) is 5.98. The molecule has 0 aliphatic rings. The summed E-state index contributed by atoms with van der Waals surface area (Å²) in [6.45, 7) is 18.3. The van der Waals surface area contributed by atoms with Crippen molar-refractivity contribution in [1.29, 1.82) is 0 Å². The van der Waals surface area contributed by atoms with Crippen LogP contribution in [0.1, 0.15) is 62.3 Å². The van der Waals surface area contributed by atoms with Crippen LogP contribution in [-0.4, -0.2) is 32.0 Å². The molecular weight excluding hydrogens is 242 g/mol. The molecule has 98 valence electrons. The van der Waals surface area contributed by atoms with Crippen molar-refractivity contribution in [2.75, 3.05) is 0 Å². The van der Waals surface area contributed by atoms with Crippen LogP contribution >= 0.6 is 0 Å². The van der Waals surface area contributed by atoms with E-state index in [1.54, 1.807) is 0 Å². The van der Waals surface area contributed by atoms with Crippen LogP contribution in [0.15, 0.2) is 0 Å². The van der Waals surface area contributed by atoms with Crippen LogP contribution in [0.5, 0.6) is 0 Å². The summed E-state index contributed by atoms with van der Waals surface area (Å²) < 4.78 is 17.8. The van der Waals surface area contributed by atoms with E-state index in [9.17, 15) is 0 Å². The van der Waals surface area contributed by atoms with E-state index < -0.39 is 15.1 Å². The van der Waals surface area contributed by atoms with E-state index >= 15 is 0 Å². The van der Waals surface area contributed by atoms with E-state index in [4.69, 9.17) is 11.4 Å². The standard InChI is InChI=1S/3C4H9O.Al.Na.H/c3*1-4(2,3)5;;;/h3*1-3H3;;;/q3*-1;+2;+1;. The maximum Gasteiger partial charge on any atom is 1.00 e. The van der Waals surface area contributed by atoms with Crippen LogP contribution in [0.2, 0.25) is 0 Å². The van der Waals surface area contributed by atoms with Crippen molar-refractivity contribution in [3.05, 3.63) is 0 Å². The monoisotopic (exact) mass is 270 g/mol. The maximum absolute atomic E-state index is 5.92. The molecule has 0 aromatic heterocycles. The first kappa shape index (κ1) is 20.7. The van der Waals surface area contributed by atoms with Crippen molar-refractivity contribution in [2.45, 2.75) is 79.1 Å². The molecule has 0 aromatic carbocycles. The molecule has 0 fully saturated rings. The average molecular weight is 270 g/mol. The molecule has 0 amide bonds. The summed E-state index contributed by atoms with van der Waals surface area (Å²) in [5.74, 6) is 0. The molecule has 0 spiro atoms. The fraction of sp³-hybridized carbons (Fsp3) is 1.00. The topological polar surface area (TPSA) is 27.7 Å². The Kier molecular flexibility index (Phi) is 8.85. The average Bonchev–Trinajstić information content (AvgIpc) is 1.70. The molecule has 0 unspecified atom stereocenters. The Labute approximate surface area is 134 Å². The molecule has 17 heavy (non-hydrogen) atoms. The number of hydrogen-bond acceptors (Lipinski definition) is 3. The molecule has 0 saturated carbocycles. The van der Waals surface area contributed by atoms with E-state index in [-0.39, 0.29) is 46.4 Å². The number of hydrogen-bond donors (Lipinski definition) is 0. The van der Waals surface area contributed by atoms with Crippen molar-refractivity contribution >= 4 is 15.1 Å². The summed E-state index contributed by atoms with van der Waals surface area (Å²) >= 11 is -2.50. The van der Waals surface area contributed by atoms with Crippen LogP contribution in [0, 0.1) is 0 Å². The van der Waals surface area contributed by atoms with Gasteiger partial charge in [0.15, 0.2) is 0 Å². The summed E-state index contributed by atoms with van der Waals surface area (Å²) in [5.41, 5.74) is -0.637. The smallest absolute Gasteiger partial charge is 0.611 e. The molecule has 0 radical (unpaired) electrons. The summed E-state index contributed by atoms with van der Waals surface area (Å²) in [6.07, 6.45) is 0. The summed E-state index contributed by atoms with van der Waals surface area (Å²) in [6, 6.07) is 0. The van der Waals surface area contributed by atoms with Crippen molar-refractivity contribution < 1.29 is 40.9 Å². The second-order valence-corrected chi connectivity index (χ2v) is 8.70. The third-order valence-electron chi connectivity index (χ3n) is 1.65. The molecule has 0 heterocycles. The van der Waals surface area contributed by atoms with Gasteiger partial charge in [0.05, 0.1) is 0 Å².